The summed E-state index contributed by atoms with van der Waals surface area (Å²) in [6.45, 7) is 3.55. The number of hydrogen-bond acceptors (Lipinski definition) is 8. The number of amides is 1. The van der Waals surface area contributed by atoms with Gasteiger partial charge >= 0.3 is 0 Å². The summed E-state index contributed by atoms with van der Waals surface area (Å²) >= 11 is 3.97. The van der Waals surface area contributed by atoms with Crippen LogP contribution in [0.2, 0.25) is 0 Å². The fourth-order valence-electron chi connectivity index (χ4n) is 1.74. The number of nitrogens with one attached hydrogen (secondary N) is 2. The Bertz CT molecular complexity index is 865. The average molecular weight is 419 g/mol. The summed E-state index contributed by atoms with van der Waals surface area (Å²) in [6, 6.07) is 4.61. The lowest BCUT2D eigenvalue weighted by Gasteiger charge is -2.13. The van der Waals surface area contributed by atoms with E-state index in [-0.39, 0.29) is 21.9 Å². The van der Waals surface area contributed by atoms with Crippen LogP contribution in [-0.4, -0.2) is 37.0 Å². The van der Waals surface area contributed by atoms with Gasteiger partial charge in [0.25, 0.3) is 10.0 Å². The van der Waals surface area contributed by atoms with Crippen molar-refractivity contribution >= 4 is 61.6 Å². The standard InChI is InChI=1S/C14H18N4O3S4/c1-8(2)12(19)15-10-7-9(5-6-11(10)22-3)25(20,21)18-13-16-17-14(23-4)24-13/h5-8H,1-4H3,(H,15,19)(H,16,18). The Morgan fingerprint density at radius 1 is 1.20 bits per heavy atom. The van der Waals surface area contributed by atoms with Gasteiger partial charge < -0.3 is 5.32 Å². The SMILES string of the molecule is CSc1nnc(NS(=O)(=O)c2ccc(SC)c(NC(=O)C(C)C)c2)s1. The quantitative estimate of drug-likeness (QED) is 0.665. The average Bonchev–Trinajstić information content (AvgIpc) is 3.01. The van der Waals surface area contributed by atoms with Crippen LogP contribution < -0.4 is 10.0 Å². The summed E-state index contributed by atoms with van der Waals surface area (Å²) < 4.78 is 28.2. The minimum absolute atomic E-state index is 0.0465. The Balaban J connectivity index is 2.32. The molecular weight excluding hydrogens is 400 g/mol. The monoisotopic (exact) mass is 418 g/mol. The molecule has 136 valence electrons. The third-order valence-electron chi connectivity index (χ3n) is 3.07. The third kappa shape index (κ3) is 5.09. The molecule has 1 heterocycles. The van der Waals surface area contributed by atoms with Gasteiger partial charge in [0.1, 0.15) is 0 Å². The molecule has 25 heavy (non-hydrogen) atoms. The number of anilines is 2. The van der Waals surface area contributed by atoms with Crippen LogP contribution in [0.3, 0.4) is 0 Å². The molecule has 0 radical (unpaired) electrons. The van der Waals surface area contributed by atoms with Crippen molar-refractivity contribution in [1.29, 1.82) is 0 Å². The Morgan fingerprint density at radius 2 is 1.92 bits per heavy atom. The molecule has 1 aromatic heterocycles. The topological polar surface area (TPSA) is 101 Å². The molecule has 0 saturated heterocycles. The maximum Gasteiger partial charge on any atom is 0.263 e. The highest BCUT2D eigenvalue weighted by Crippen LogP contribution is 2.30. The first-order valence-corrected chi connectivity index (χ1v) is 11.9. The Morgan fingerprint density at radius 3 is 2.48 bits per heavy atom. The number of carbonyl (C=O) groups is 1. The van der Waals surface area contributed by atoms with Gasteiger partial charge in [-0.2, -0.15) is 0 Å². The van der Waals surface area contributed by atoms with E-state index in [2.05, 4.69) is 20.2 Å². The van der Waals surface area contributed by atoms with E-state index >= 15 is 0 Å². The van der Waals surface area contributed by atoms with Crippen molar-refractivity contribution in [3.05, 3.63) is 18.2 Å². The predicted molar refractivity (Wildman–Crippen MR) is 104 cm³/mol. The molecule has 0 aliphatic rings. The van der Waals surface area contributed by atoms with E-state index in [0.717, 1.165) is 16.2 Å². The van der Waals surface area contributed by atoms with Crippen molar-refractivity contribution in [1.82, 2.24) is 10.2 Å². The van der Waals surface area contributed by atoms with Crippen molar-refractivity contribution < 1.29 is 13.2 Å². The zero-order chi connectivity index (χ0) is 18.6. The lowest BCUT2D eigenvalue weighted by molar-refractivity contribution is -0.118. The van der Waals surface area contributed by atoms with Crippen LogP contribution in [0, 0.1) is 5.92 Å². The van der Waals surface area contributed by atoms with Crippen LogP contribution in [0.1, 0.15) is 13.8 Å². The summed E-state index contributed by atoms with van der Waals surface area (Å²) in [7, 11) is -3.82. The lowest BCUT2D eigenvalue weighted by atomic mass is 10.2. The Kier molecular flexibility index (Phi) is 6.72. The van der Waals surface area contributed by atoms with Gasteiger partial charge in [-0.25, -0.2) is 8.42 Å². The molecule has 2 rings (SSSR count). The molecule has 1 amide bonds. The first-order chi connectivity index (χ1) is 11.8. The number of carbonyl (C=O) groups excluding carboxylic acids is 1. The first-order valence-electron chi connectivity index (χ1n) is 7.16. The molecule has 0 aliphatic heterocycles. The van der Waals surface area contributed by atoms with Crippen LogP contribution in [0.4, 0.5) is 10.8 Å². The maximum absolute atomic E-state index is 12.6. The summed E-state index contributed by atoms with van der Waals surface area (Å²) in [4.78, 5) is 12.8. The van der Waals surface area contributed by atoms with E-state index in [4.69, 9.17) is 0 Å². The molecule has 0 bridgehead atoms. The highest BCUT2D eigenvalue weighted by atomic mass is 32.2. The van der Waals surface area contributed by atoms with Crippen LogP contribution in [0.15, 0.2) is 32.3 Å². The van der Waals surface area contributed by atoms with Crippen molar-refractivity contribution in [2.45, 2.75) is 28.0 Å². The van der Waals surface area contributed by atoms with E-state index in [1.165, 1.54) is 35.7 Å². The molecule has 2 N–H and O–H groups in total. The van der Waals surface area contributed by atoms with Gasteiger partial charge in [0, 0.05) is 10.8 Å². The predicted octanol–water partition coefficient (Wildman–Crippen LogP) is 3.38. The van der Waals surface area contributed by atoms with Gasteiger partial charge in [-0.3, -0.25) is 9.52 Å². The van der Waals surface area contributed by atoms with E-state index < -0.39 is 10.0 Å². The summed E-state index contributed by atoms with van der Waals surface area (Å²) in [6.07, 6.45) is 3.70. The molecule has 0 saturated carbocycles. The van der Waals surface area contributed by atoms with Gasteiger partial charge in [-0.05, 0) is 30.7 Å². The van der Waals surface area contributed by atoms with Crippen molar-refractivity contribution in [2.75, 3.05) is 22.6 Å². The number of thioether (sulfide) groups is 2. The second-order valence-corrected chi connectivity index (χ2v) is 9.75. The smallest absolute Gasteiger partial charge is 0.263 e. The first kappa shape index (κ1) is 20.0. The van der Waals surface area contributed by atoms with Gasteiger partial charge in [0.2, 0.25) is 11.0 Å². The van der Waals surface area contributed by atoms with E-state index in [9.17, 15) is 13.2 Å². The third-order valence-corrected chi connectivity index (χ3v) is 7.14. The molecule has 2 aromatic rings. The molecule has 0 spiro atoms. The highest BCUT2D eigenvalue weighted by molar-refractivity contribution is 8.00. The lowest BCUT2D eigenvalue weighted by Crippen LogP contribution is -2.19. The molecule has 11 heteroatoms. The van der Waals surface area contributed by atoms with Crippen LogP contribution in [-0.2, 0) is 14.8 Å². The minimum atomic E-state index is -3.82. The van der Waals surface area contributed by atoms with Gasteiger partial charge in [0.15, 0.2) is 4.34 Å². The van der Waals surface area contributed by atoms with E-state index in [1.807, 2.05) is 12.5 Å². The molecular formula is C14H18N4O3S4. The second-order valence-electron chi connectivity index (χ2n) is 5.19. The number of sulfonamides is 1. The second kappa shape index (κ2) is 8.39. The normalized spacial score (nSPS) is 11.6. The van der Waals surface area contributed by atoms with Gasteiger partial charge in [-0.1, -0.05) is 36.9 Å². The maximum atomic E-state index is 12.6. The van der Waals surface area contributed by atoms with Crippen molar-refractivity contribution in [2.24, 2.45) is 5.92 Å². The van der Waals surface area contributed by atoms with Gasteiger partial charge in [0.05, 0.1) is 10.6 Å². The number of rotatable bonds is 7. The zero-order valence-electron chi connectivity index (χ0n) is 14.1. The number of nitrogens with zero attached hydrogens (tertiary/aromatic N) is 2. The summed E-state index contributed by atoms with van der Waals surface area (Å²) in [5.41, 5.74) is 0.469. The molecule has 0 atom stereocenters. The van der Waals surface area contributed by atoms with Crippen LogP contribution in [0.25, 0.3) is 0 Å². The van der Waals surface area contributed by atoms with E-state index in [1.54, 1.807) is 19.9 Å². The van der Waals surface area contributed by atoms with Crippen LogP contribution in [0.5, 0.6) is 0 Å². The fraction of sp³-hybridized carbons (Fsp3) is 0.357. The molecule has 7 nitrogen and oxygen atoms in total. The van der Waals surface area contributed by atoms with E-state index in [0.29, 0.717) is 10.0 Å². The largest absolute Gasteiger partial charge is 0.325 e. The van der Waals surface area contributed by atoms with Crippen molar-refractivity contribution in [3.63, 3.8) is 0 Å². The number of aromatic nitrogens is 2. The summed E-state index contributed by atoms with van der Waals surface area (Å²) in [5.74, 6) is -0.383. The van der Waals surface area contributed by atoms with Crippen molar-refractivity contribution in [3.8, 4) is 0 Å². The highest BCUT2D eigenvalue weighted by Gasteiger charge is 2.19. The van der Waals surface area contributed by atoms with Gasteiger partial charge in [-0.15, -0.1) is 22.0 Å². The number of benzene rings is 1. The minimum Gasteiger partial charge on any atom is -0.325 e. The number of hydrogen-bond donors (Lipinski definition) is 2. The Labute approximate surface area is 159 Å². The molecule has 0 fully saturated rings. The molecule has 0 unspecified atom stereocenters. The van der Waals surface area contributed by atoms with Crippen LogP contribution >= 0.6 is 34.9 Å². The zero-order valence-corrected chi connectivity index (χ0v) is 17.3. The molecule has 1 aromatic carbocycles. The summed E-state index contributed by atoms with van der Waals surface area (Å²) in [5, 5.41) is 10.6. The fourth-order valence-corrected chi connectivity index (χ4v) is 4.70. The Hall–Kier alpha value is -1.30. The molecule has 0 aliphatic carbocycles.